The van der Waals surface area contributed by atoms with Crippen LogP contribution in [0.15, 0.2) is 11.4 Å². The zero-order valence-corrected chi connectivity index (χ0v) is 10.7. The average Bonchev–Trinajstić information content (AvgIpc) is 3.04. The number of likely N-dealkylation sites (tertiary alicyclic amines) is 1. The van der Waals surface area contributed by atoms with E-state index in [0.29, 0.717) is 23.5 Å². The lowest BCUT2D eigenvalue weighted by Crippen LogP contribution is -2.29. The average molecular weight is 265 g/mol. The van der Waals surface area contributed by atoms with Crippen molar-refractivity contribution in [3.63, 3.8) is 0 Å². The summed E-state index contributed by atoms with van der Waals surface area (Å²) in [6.07, 6.45) is 0.852. The highest BCUT2D eigenvalue weighted by atomic mass is 32.1. The Bertz CT molecular complexity index is 486. The first-order valence-corrected chi connectivity index (χ1v) is 6.71. The summed E-state index contributed by atoms with van der Waals surface area (Å²) in [5, 5.41) is 19.6. The van der Waals surface area contributed by atoms with Gasteiger partial charge in [0.15, 0.2) is 0 Å². The molecule has 2 heterocycles. The molecule has 2 N–H and O–H groups in total. The molecule has 1 saturated heterocycles. The van der Waals surface area contributed by atoms with Gasteiger partial charge >= 0.3 is 0 Å². The van der Waals surface area contributed by atoms with Crippen LogP contribution in [0.1, 0.15) is 21.7 Å². The Hall–Kier alpha value is -1.35. The molecule has 1 aromatic rings. The molecule has 0 bridgehead atoms. The van der Waals surface area contributed by atoms with Crippen LogP contribution in [0.3, 0.4) is 0 Å². The van der Waals surface area contributed by atoms with Crippen molar-refractivity contribution in [2.24, 2.45) is 5.92 Å². The first kappa shape index (κ1) is 13.1. The van der Waals surface area contributed by atoms with Gasteiger partial charge in [0.1, 0.15) is 11.5 Å². The third kappa shape index (κ3) is 2.72. The van der Waals surface area contributed by atoms with Crippen molar-refractivity contribution in [2.45, 2.75) is 6.42 Å². The highest BCUT2D eigenvalue weighted by Gasteiger charge is 2.27. The third-order valence-corrected chi connectivity index (χ3v) is 3.90. The molecule has 96 valence electrons. The van der Waals surface area contributed by atoms with Gasteiger partial charge in [0.2, 0.25) is 0 Å². The Morgan fingerprint density at radius 1 is 1.56 bits per heavy atom. The first-order chi connectivity index (χ1) is 8.76. The highest BCUT2D eigenvalue weighted by Crippen LogP contribution is 2.23. The van der Waals surface area contributed by atoms with Crippen molar-refractivity contribution in [3.8, 4) is 11.8 Å². The molecule has 1 fully saturated rings. The van der Waals surface area contributed by atoms with Crippen molar-refractivity contribution < 1.29 is 15.0 Å². The van der Waals surface area contributed by atoms with Gasteiger partial charge in [-0.15, -0.1) is 11.3 Å². The lowest BCUT2D eigenvalue weighted by molar-refractivity contribution is 0.0786. The van der Waals surface area contributed by atoms with Gasteiger partial charge in [0, 0.05) is 31.2 Å². The van der Waals surface area contributed by atoms with Crippen molar-refractivity contribution in [1.82, 2.24) is 4.90 Å². The molecule has 1 aromatic heterocycles. The largest absolute Gasteiger partial charge is 0.396 e. The molecule has 1 aliphatic rings. The SMILES string of the molecule is O=C(c1sccc1C#CCO)N1CCC(CO)C1. The first-order valence-electron chi connectivity index (χ1n) is 5.83. The monoisotopic (exact) mass is 265 g/mol. The predicted molar refractivity (Wildman–Crippen MR) is 69.4 cm³/mol. The second kappa shape index (κ2) is 6.01. The standard InChI is InChI=1S/C13H15NO3S/c15-6-1-2-11-4-7-18-12(11)13(17)14-5-3-10(8-14)9-16/h4,7,10,15-16H,3,5-6,8-9H2. The molecule has 2 rings (SSSR count). The molecule has 0 aliphatic carbocycles. The van der Waals surface area contributed by atoms with Gasteiger partial charge in [-0.1, -0.05) is 11.8 Å². The molecule has 0 spiro atoms. The quantitative estimate of drug-likeness (QED) is 0.768. The number of amides is 1. The van der Waals surface area contributed by atoms with E-state index in [2.05, 4.69) is 11.8 Å². The lowest BCUT2D eigenvalue weighted by Gasteiger charge is -2.15. The predicted octanol–water partition coefficient (Wildman–Crippen LogP) is 0.546. The second-order valence-electron chi connectivity index (χ2n) is 4.21. The molecule has 1 aliphatic heterocycles. The molecule has 18 heavy (non-hydrogen) atoms. The summed E-state index contributed by atoms with van der Waals surface area (Å²) in [6.45, 7) is 1.22. The van der Waals surface area contributed by atoms with E-state index in [-0.39, 0.29) is 25.0 Å². The van der Waals surface area contributed by atoms with E-state index in [1.807, 2.05) is 5.38 Å². The fraction of sp³-hybridized carbons (Fsp3) is 0.462. The Morgan fingerprint density at radius 3 is 3.06 bits per heavy atom. The molecule has 4 nitrogen and oxygen atoms in total. The fourth-order valence-corrected chi connectivity index (χ4v) is 2.83. The zero-order valence-electron chi connectivity index (χ0n) is 9.93. The second-order valence-corrected chi connectivity index (χ2v) is 5.13. The number of aliphatic hydroxyl groups is 2. The zero-order chi connectivity index (χ0) is 13.0. The topological polar surface area (TPSA) is 60.8 Å². The maximum Gasteiger partial charge on any atom is 0.265 e. The smallest absolute Gasteiger partial charge is 0.265 e. The molecule has 0 aromatic carbocycles. The maximum absolute atomic E-state index is 12.3. The van der Waals surface area contributed by atoms with E-state index in [4.69, 9.17) is 10.2 Å². The molecular formula is C13H15NO3S. The number of nitrogens with zero attached hydrogens (tertiary/aromatic N) is 1. The Balaban J connectivity index is 2.12. The van der Waals surface area contributed by atoms with Crippen LogP contribution >= 0.6 is 11.3 Å². The van der Waals surface area contributed by atoms with Crippen molar-refractivity contribution in [1.29, 1.82) is 0 Å². The Labute approximate surface area is 110 Å². The van der Waals surface area contributed by atoms with Crippen molar-refractivity contribution >= 4 is 17.2 Å². The summed E-state index contributed by atoms with van der Waals surface area (Å²) >= 11 is 1.37. The van der Waals surface area contributed by atoms with Crippen LogP contribution in [0.2, 0.25) is 0 Å². The number of hydrogen-bond acceptors (Lipinski definition) is 4. The van der Waals surface area contributed by atoms with Crippen LogP contribution in [0.4, 0.5) is 0 Å². The molecular weight excluding hydrogens is 250 g/mol. The Kier molecular flexibility index (Phi) is 4.37. The maximum atomic E-state index is 12.3. The van der Waals surface area contributed by atoms with Crippen molar-refractivity contribution in [3.05, 3.63) is 21.9 Å². The van der Waals surface area contributed by atoms with Gasteiger partial charge in [-0.3, -0.25) is 4.79 Å². The van der Waals surface area contributed by atoms with Gasteiger partial charge in [-0.25, -0.2) is 0 Å². The van der Waals surface area contributed by atoms with E-state index in [0.717, 1.165) is 6.42 Å². The van der Waals surface area contributed by atoms with Crippen LogP contribution in [-0.2, 0) is 0 Å². The van der Waals surface area contributed by atoms with E-state index in [1.165, 1.54) is 11.3 Å². The summed E-state index contributed by atoms with van der Waals surface area (Å²) in [5.41, 5.74) is 0.673. The molecule has 0 radical (unpaired) electrons. The fourth-order valence-electron chi connectivity index (χ4n) is 2.02. The van der Waals surface area contributed by atoms with Crippen LogP contribution < -0.4 is 0 Å². The molecule has 5 heteroatoms. The lowest BCUT2D eigenvalue weighted by atomic mass is 10.1. The van der Waals surface area contributed by atoms with Gasteiger partial charge in [0.25, 0.3) is 5.91 Å². The van der Waals surface area contributed by atoms with E-state index in [1.54, 1.807) is 11.0 Å². The van der Waals surface area contributed by atoms with E-state index in [9.17, 15) is 4.79 Å². The van der Waals surface area contributed by atoms with Gasteiger partial charge in [-0.2, -0.15) is 0 Å². The summed E-state index contributed by atoms with van der Waals surface area (Å²) in [5.74, 6) is 5.51. The summed E-state index contributed by atoms with van der Waals surface area (Å²) in [7, 11) is 0. The minimum absolute atomic E-state index is 0.0248. The number of aliphatic hydroxyl groups excluding tert-OH is 2. The number of carbonyl (C=O) groups excluding carboxylic acids is 1. The molecule has 1 atom stereocenters. The van der Waals surface area contributed by atoms with Crippen molar-refractivity contribution in [2.75, 3.05) is 26.3 Å². The normalized spacial score (nSPS) is 18.6. The summed E-state index contributed by atoms with van der Waals surface area (Å²) < 4.78 is 0. The van der Waals surface area contributed by atoms with Gasteiger partial charge in [-0.05, 0) is 17.9 Å². The molecule has 0 saturated carbocycles. The summed E-state index contributed by atoms with van der Waals surface area (Å²) in [6, 6.07) is 1.79. The van der Waals surface area contributed by atoms with Crippen LogP contribution in [0, 0.1) is 17.8 Å². The van der Waals surface area contributed by atoms with Gasteiger partial charge in [0.05, 0.1) is 0 Å². The molecule has 1 unspecified atom stereocenters. The van der Waals surface area contributed by atoms with E-state index < -0.39 is 0 Å². The number of rotatable bonds is 2. The number of carbonyl (C=O) groups is 1. The van der Waals surface area contributed by atoms with E-state index >= 15 is 0 Å². The number of hydrogen-bond donors (Lipinski definition) is 2. The molecule has 1 amide bonds. The minimum Gasteiger partial charge on any atom is -0.396 e. The van der Waals surface area contributed by atoms with Crippen LogP contribution in [-0.4, -0.2) is 47.3 Å². The minimum atomic E-state index is -0.209. The number of thiophene rings is 1. The summed E-state index contributed by atoms with van der Waals surface area (Å²) in [4.78, 5) is 14.7. The highest BCUT2D eigenvalue weighted by molar-refractivity contribution is 7.12. The third-order valence-electron chi connectivity index (χ3n) is 2.99. The van der Waals surface area contributed by atoms with Crippen LogP contribution in [0.5, 0.6) is 0 Å². The van der Waals surface area contributed by atoms with Gasteiger partial charge < -0.3 is 15.1 Å². The Morgan fingerprint density at radius 2 is 2.39 bits per heavy atom. The van der Waals surface area contributed by atoms with Crippen LogP contribution in [0.25, 0.3) is 0 Å².